The lowest BCUT2D eigenvalue weighted by Crippen LogP contribution is -2.31. The number of hydrogen-bond acceptors (Lipinski definition) is 2. The molecule has 2 nitrogen and oxygen atoms in total. The molecule has 1 aliphatic rings. The lowest BCUT2D eigenvalue weighted by atomic mass is 10.1. The monoisotopic (exact) mass is 258 g/mol. The molecule has 88 valence electrons. The Bertz CT molecular complexity index is 362. The Morgan fingerprint density at radius 1 is 1.25 bits per heavy atom. The maximum absolute atomic E-state index is 6.23. The smallest absolute Gasteiger partial charge is 0.0640 e. The summed E-state index contributed by atoms with van der Waals surface area (Å²) < 4.78 is 0. The Morgan fingerprint density at radius 3 is 2.56 bits per heavy atom. The van der Waals surface area contributed by atoms with Gasteiger partial charge in [-0.1, -0.05) is 35.3 Å². The first-order valence-corrected chi connectivity index (χ1v) is 6.37. The van der Waals surface area contributed by atoms with Gasteiger partial charge in [-0.3, -0.25) is 4.90 Å². The highest BCUT2D eigenvalue weighted by atomic mass is 35.5. The normalized spacial score (nSPS) is 18.9. The van der Waals surface area contributed by atoms with E-state index < -0.39 is 0 Å². The van der Waals surface area contributed by atoms with Gasteiger partial charge in [-0.15, -0.1) is 0 Å². The van der Waals surface area contributed by atoms with Crippen molar-refractivity contribution in [3.63, 3.8) is 0 Å². The van der Waals surface area contributed by atoms with Gasteiger partial charge in [0.1, 0.15) is 0 Å². The van der Waals surface area contributed by atoms with Crippen LogP contribution in [0.25, 0.3) is 0 Å². The molecule has 16 heavy (non-hydrogen) atoms. The van der Waals surface area contributed by atoms with E-state index in [1.165, 1.54) is 12.8 Å². The highest BCUT2D eigenvalue weighted by Gasteiger charge is 2.24. The Morgan fingerprint density at radius 2 is 1.94 bits per heavy atom. The van der Waals surface area contributed by atoms with Crippen molar-refractivity contribution in [3.05, 3.63) is 33.8 Å². The van der Waals surface area contributed by atoms with Gasteiger partial charge >= 0.3 is 0 Å². The highest BCUT2D eigenvalue weighted by molar-refractivity contribution is 6.42. The number of rotatable bonds is 3. The molecule has 1 heterocycles. The Labute approximate surface area is 106 Å². The molecule has 0 amide bonds. The van der Waals surface area contributed by atoms with Crippen LogP contribution in [0.15, 0.2) is 18.2 Å². The summed E-state index contributed by atoms with van der Waals surface area (Å²) in [5.74, 6) is 0. The first kappa shape index (κ1) is 12.2. The van der Waals surface area contributed by atoms with Gasteiger partial charge in [-0.25, -0.2) is 0 Å². The van der Waals surface area contributed by atoms with Gasteiger partial charge in [-0.05, 0) is 37.6 Å². The van der Waals surface area contributed by atoms with E-state index in [-0.39, 0.29) is 6.04 Å². The predicted molar refractivity (Wildman–Crippen MR) is 69.1 cm³/mol. The number of benzene rings is 1. The first-order valence-electron chi connectivity index (χ1n) is 5.62. The lowest BCUT2D eigenvalue weighted by molar-refractivity contribution is 0.251. The van der Waals surface area contributed by atoms with Crippen LogP contribution < -0.4 is 5.73 Å². The van der Waals surface area contributed by atoms with Gasteiger partial charge in [0.15, 0.2) is 0 Å². The van der Waals surface area contributed by atoms with Crippen molar-refractivity contribution in [2.75, 3.05) is 19.6 Å². The lowest BCUT2D eigenvalue weighted by Gasteiger charge is -2.27. The molecule has 0 bridgehead atoms. The van der Waals surface area contributed by atoms with Crippen LogP contribution in [0, 0.1) is 0 Å². The summed E-state index contributed by atoms with van der Waals surface area (Å²) in [6.07, 6.45) is 2.49. The Balaban J connectivity index is 2.28. The Hall–Kier alpha value is -0.280. The summed E-state index contributed by atoms with van der Waals surface area (Å²) >= 11 is 12.3. The molecule has 0 aliphatic carbocycles. The molecule has 1 unspecified atom stereocenters. The minimum absolute atomic E-state index is 0.202. The van der Waals surface area contributed by atoms with E-state index in [1.54, 1.807) is 0 Å². The molecule has 0 saturated carbocycles. The molecular weight excluding hydrogens is 243 g/mol. The largest absolute Gasteiger partial charge is 0.329 e. The topological polar surface area (TPSA) is 29.3 Å². The minimum Gasteiger partial charge on any atom is -0.329 e. The maximum Gasteiger partial charge on any atom is 0.0640 e. The third kappa shape index (κ3) is 2.35. The van der Waals surface area contributed by atoms with Gasteiger partial charge in [-0.2, -0.15) is 0 Å². The zero-order valence-corrected chi connectivity index (χ0v) is 10.6. The fourth-order valence-corrected chi connectivity index (χ4v) is 2.74. The van der Waals surface area contributed by atoms with E-state index in [9.17, 15) is 0 Å². The summed E-state index contributed by atoms with van der Waals surface area (Å²) in [5.41, 5.74) is 6.91. The summed E-state index contributed by atoms with van der Waals surface area (Å²) in [7, 11) is 0. The summed E-state index contributed by atoms with van der Waals surface area (Å²) in [4.78, 5) is 2.39. The second-order valence-electron chi connectivity index (χ2n) is 4.14. The van der Waals surface area contributed by atoms with Gasteiger partial charge < -0.3 is 5.73 Å². The second-order valence-corrected chi connectivity index (χ2v) is 4.92. The zero-order chi connectivity index (χ0) is 11.5. The molecule has 0 radical (unpaired) electrons. The Kier molecular flexibility index (Phi) is 4.09. The van der Waals surface area contributed by atoms with Crippen LogP contribution in [-0.4, -0.2) is 24.5 Å². The molecule has 4 heteroatoms. The fourth-order valence-electron chi connectivity index (χ4n) is 2.30. The number of halogens is 2. The van der Waals surface area contributed by atoms with Gasteiger partial charge in [0.2, 0.25) is 0 Å². The average Bonchev–Trinajstić information content (AvgIpc) is 2.79. The zero-order valence-electron chi connectivity index (χ0n) is 9.13. The molecule has 2 N–H and O–H groups in total. The number of nitrogens with zero attached hydrogens (tertiary/aromatic N) is 1. The quantitative estimate of drug-likeness (QED) is 0.903. The third-order valence-corrected chi connectivity index (χ3v) is 3.98. The van der Waals surface area contributed by atoms with Gasteiger partial charge in [0, 0.05) is 12.6 Å². The average molecular weight is 259 g/mol. The van der Waals surface area contributed by atoms with E-state index in [0.29, 0.717) is 16.6 Å². The molecule has 1 fully saturated rings. The SMILES string of the molecule is NCC(c1cccc(Cl)c1Cl)N1CCCC1. The summed E-state index contributed by atoms with van der Waals surface area (Å²) in [6, 6.07) is 5.96. The summed E-state index contributed by atoms with van der Waals surface area (Å²) in [5, 5.41) is 1.25. The molecule has 2 rings (SSSR count). The van der Waals surface area contributed by atoms with Crippen LogP contribution >= 0.6 is 23.2 Å². The second kappa shape index (κ2) is 5.37. The van der Waals surface area contributed by atoms with Crippen molar-refractivity contribution in [2.24, 2.45) is 5.73 Å². The van der Waals surface area contributed by atoms with Crippen molar-refractivity contribution < 1.29 is 0 Å². The number of likely N-dealkylation sites (tertiary alicyclic amines) is 1. The number of hydrogen-bond donors (Lipinski definition) is 1. The van der Waals surface area contributed by atoms with E-state index >= 15 is 0 Å². The molecule has 1 aromatic carbocycles. The van der Waals surface area contributed by atoms with Crippen molar-refractivity contribution in [1.29, 1.82) is 0 Å². The third-order valence-electron chi connectivity index (χ3n) is 3.15. The van der Waals surface area contributed by atoms with E-state index in [4.69, 9.17) is 28.9 Å². The van der Waals surface area contributed by atoms with Crippen LogP contribution in [0.5, 0.6) is 0 Å². The molecule has 1 aromatic rings. The van der Waals surface area contributed by atoms with Crippen LogP contribution in [-0.2, 0) is 0 Å². The molecule has 0 spiro atoms. The van der Waals surface area contributed by atoms with Crippen LogP contribution in [0.4, 0.5) is 0 Å². The van der Waals surface area contributed by atoms with E-state index in [2.05, 4.69) is 4.90 Å². The van der Waals surface area contributed by atoms with Crippen molar-refractivity contribution in [3.8, 4) is 0 Å². The fraction of sp³-hybridized carbons (Fsp3) is 0.500. The molecular formula is C12H16Cl2N2. The van der Waals surface area contributed by atoms with Gasteiger partial charge in [0.25, 0.3) is 0 Å². The summed E-state index contributed by atoms with van der Waals surface area (Å²) in [6.45, 7) is 2.79. The first-order chi connectivity index (χ1) is 7.74. The van der Waals surface area contributed by atoms with E-state index in [0.717, 1.165) is 18.7 Å². The van der Waals surface area contributed by atoms with Crippen LogP contribution in [0.1, 0.15) is 24.4 Å². The van der Waals surface area contributed by atoms with Crippen LogP contribution in [0.3, 0.4) is 0 Å². The number of nitrogens with two attached hydrogens (primary N) is 1. The van der Waals surface area contributed by atoms with Crippen molar-refractivity contribution >= 4 is 23.2 Å². The predicted octanol–water partition coefficient (Wildman–Crippen LogP) is 3.09. The molecule has 1 aliphatic heterocycles. The molecule has 0 aromatic heterocycles. The van der Waals surface area contributed by atoms with Gasteiger partial charge in [0.05, 0.1) is 10.0 Å². The molecule has 1 saturated heterocycles. The van der Waals surface area contributed by atoms with Crippen molar-refractivity contribution in [1.82, 2.24) is 4.90 Å². The van der Waals surface area contributed by atoms with E-state index in [1.807, 2.05) is 18.2 Å². The van der Waals surface area contributed by atoms with Crippen LogP contribution in [0.2, 0.25) is 10.0 Å². The highest BCUT2D eigenvalue weighted by Crippen LogP contribution is 2.33. The van der Waals surface area contributed by atoms with Crippen molar-refractivity contribution in [2.45, 2.75) is 18.9 Å². The molecule has 1 atom stereocenters. The minimum atomic E-state index is 0.202. The standard InChI is InChI=1S/C12H16Cl2N2/c13-10-5-3-4-9(12(10)14)11(8-15)16-6-1-2-7-16/h3-5,11H,1-2,6-8,15H2. The maximum atomic E-state index is 6.23.